The average Bonchev–Trinajstić information content (AvgIpc) is 4.05. The molecule has 0 aliphatic carbocycles. The van der Waals surface area contributed by atoms with Gasteiger partial charge in [0.2, 0.25) is 11.8 Å². The number of amides is 2. The van der Waals surface area contributed by atoms with E-state index in [4.69, 9.17) is 14.2 Å². The molecular formula is C56H76N3O10+. The summed E-state index contributed by atoms with van der Waals surface area (Å²) >= 11 is 0. The second kappa shape index (κ2) is 24.5. The van der Waals surface area contributed by atoms with Gasteiger partial charge in [0.05, 0.1) is 42.9 Å². The number of quaternary nitrogens is 1. The molecule has 2 amide bonds. The normalized spacial score (nSPS) is 18.4. The third-order valence-corrected chi connectivity index (χ3v) is 13.2. The smallest absolute Gasteiger partial charge is 0.316 e. The van der Waals surface area contributed by atoms with E-state index in [1.165, 1.54) is 0 Å². The van der Waals surface area contributed by atoms with E-state index in [9.17, 15) is 33.6 Å². The fourth-order valence-electron chi connectivity index (χ4n) is 9.14. The zero-order chi connectivity index (χ0) is 50.5. The van der Waals surface area contributed by atoms with Crippen molar-refractivity contribution >= 4 is 41.4 Å². The number of nitrogens with one attached hydrogen (secondary N) is 2. The summed E-state index contributed by atoms with van der Waals surface area (Å²) in [7, 11) is 0. The van der Waals surface area contributed by atoms with Crippen molar-refractivity contribution in [2.75, 3.05) is 39.5 Å². The van der Waals surface area contributed by atoms with Crippen LogP contribution in [0.2, 0.25) is 0 Å². The Kier molecular flexibility index (Phi) is 19.3. The van der Waals surface area contributed by atoms with Crippen molar-refractivity contribution in [3.8, 4) is 5.75 Å². The maximum absolute atomic E-state index is 14.6. The number of benzene rings is 3. The first-order chi connectivity index (χ1) is 32.6. The van der Waals surface area contributed by atoms with Gasteiger partial charge in [0.15, 0.2) is 23.6 Å². The monoisotopic (exact) mass is 951 g/mol. The van der Waals surface area contributed by atoms with Crippen molar-refractivity contribution in [3.05, 3.63) is 101 Å². The number of nitrogens with zero attached hydrogens (tertiary/aromatic N) is 1. The Labute approximate surface area is 409 Å². The van der Waals surface area contributed by atoms with E-state index in [-0.39, 0.29) is 66.3 Å². The number of carbonyl (C=O) groups excluding carboxylic acids is 7. The van der Waals surface area contributed by atoms with E-state index in [1.807, 2.05) is 94.4 Å². The number of rotatable bonds is 26. The van der Waals surface area contributed by atoms with E-state index in [2.05, 4.69) is 10.6 Å². The zero-order valence-electron chi connectivity index (χ0n) is 42.4. The summed E-state index contributed by atoms with van der Waals surface area (Å²) in [5, 5.41) is 6.07. The summed E-state index contributed by atoms with van der Waals surface area (Å²) in [5.74, 6) is -3.13. The molecule has 2 saturated heterocycles. The predicted octanol–water partition coefficient (Wildman–Crippen LogP) is 7.55. The van der Waals surface area contributed by atoms with Crippen LogP contribution in [-0.2, 0) is 57.6 Å². The Hall–Kier alpha value is -5.37. The van der Waals surface area contributed by atoms with Crippen LogP contribution >= 0.6 is 0 Å². The molecule has 2 aliphatic heterocycles. The highest BCUT2D eigenvalue weighted by Crippen LogP contribution is 2.32. The molecule has 5 atom stereocenters. The molecule has 0 unspecified atom stereocenters. The van der Waals surface area contributed by atoms with Gasteiger partial charge in [-0.25, -0.2) is 0 Å². The fraction of sp³-hybridized carbons (Fsp3) is 0.554. The van der Waals surface area contributed by atoms with Crippen LogP contribution in [0.5, 0.6) is 5.75 Å². The number of hydrogen-bond donors (Lipinski definition) is 2. The molecule has 2 N–H and O–H groups in total. The molecule has 0 radical (unpaired) electrons. The molecule has 374 valence electrons. The van der Waals surface area contributed by atoms with Gasteiger partial charge in [-0.2, -0.15) is 0 Å². The van der Waals surface area contributed by atoms with Crippen LogP contribution in [0.1, 0.15) is 120 Å². The lowest BCUT2D eigenvalue weighted by Crippen LogP contribution is -2.57. The average molecular weight is 951 g/mol. The maximum atomic E-state index is 14.6. The second-order valence-corrected chi connectivity index (χ2v) is 21.6. The van der Waals surface area contributed by atoms with Gasteiger partial charge in [-0.1, -0.05) is 88.4 Å². The molecule has 0 saturated carbocycles. The summed E-state index contributed by atoms with van der Waals surface area (Å²) < 4.78 is 17.3. The summed E-state index contributed by atoms with van der Waals surface area (Å²) in [5.41, 5.74) is 1.84. The van der Waals surface area contributed by atoms with Gasteiger partial charge in [-0.05, 0) is 107 Å². The number of aryl methyl sites for hydroxylation is 2. The Balaban J connectivity index is 1.37. The van der Waals surface area contributed by atoms with E-state index < -0.39 is 52.7 Å². The maximum Gasteiger partial charge on any atom is 0.316 e. The van der Waals surface area contributed by atoms with Crippen molar-refractivity contribution in [3.63, 3.8) is 0 Å². The third kappa shape index (κ3) is 16.4. The molecule has 2 aliphatic rings. The van der Waals surface area contributed by atoms with Gasteiger partial charge >= 0.3 is 5.97 Å². The van der Waals surface area contributed by atoms with Crippen molar-refractivity contribution in [1.82, 2.24) is 10.6 Å². The number of hydrogen-bond acceptors (Lipinski definition) is 10. The number of morpholine rings is 1. The molecule has 3 aromatic rings. The van der Waals surface area contributed by atoms with Gasteiger partial charge in [-0.3, -0.25) is 33.6 Å². The topological polar surface area (TPSA) is 175 Å². The van der Waals surface area contributed by atoms with Crippen LogP contribution in [-0.4, -0.2) is 103 Å². The highest BCUT2D eigenvalue weighted by atomic mass is 16.6. The molecule has 0 aromatic heterocycles. The van der Waals surface area contributed by atoms with Crippen LogP contribution < -0.4 is 15.4 Å². The molecule has 3 aromatic carbocycles. The second-order valence-electron chi connectivity index (χ2n) is 21.6. The van der Waals surface area contributed by atoms with Gasteiger partial charge in [0.25, 0.3) is 0 Å². The summed E-state index contributed by atoms with van der Waals surface area (Å²) in [4.78, 5) is 96.6. The molecule has 0 bridgehead atoms. The van der Waals surface area contributed by atoms with E-state index in [0.29, 0.717) is 81.5 Å². The van der Waals surface area contributed by atoms with Crippen LogP contribution in [0.4, 0.5) is 0 Å². The number of epoxide rings is 1. The minimum atomic E-state index is -0.940. The van der Waals surface area contributed by atoms with E-state index >= 15 is 0 Å². The van der Waals surface area contributed by atoms with Crippen LogP contribution in [0.3, 0.4) is 0 Å². The van der Waals surface area contributed by atoms with Crippen LogP contribution in [0.15, 0.2) is 72.8 Å². The minimum Gasteiger partial charge on any atom is -0.425 e. The Morgan fingerprint density at radius 2 is 1.35 bits per heavy atom. The fourth-order valence-corrected chi connectivity index (χ4v) is 9.14. The summed E-state index contributed by atoms with van der Waals surface area (Å²) in [6.07, 6.45) is 2.33. The largest absolute Gasteiger partial charge is 0.425 e. The molecule has 13 heteroatoms. The number of aldehydes is 1. The molecule has 13 nitrogen and oxygen atoms in total. The van der Waals surface area contributed by atoms with Crippen molar-refractivity contribution in [2.24, 2.45) is 29.1 Å². The first-order valence-electron chi connectivity index (χ1n) is 24.8. The number of ether oxygens (including phenoxy) is 3. The van der Waals surface area contributed by atoms with Gasteiger partial charge in [0.1, 0.15) is 37.5 Å². The third-order valence-electron chi connectivity index (χ3n) is 13.2. The molecule has 5 rings (SSSR count). The lowest BCUT2D eigenvalue weighted by molar-refractivity contribution is -0.940. The quantitative estimate of drug-likeness (QED) is 0.0269. The highest BCUT2D eigenvalue weighted by molar-refractivity contribution is 5.98. The first-order valence-corrected chi connectivity index (χ1v) is 24.8. The van der Waals surface area contributed by atoms with E-state index in [0.717, 1.165) is 16.7 Å². The SMILES string of the molecule is Cc1cc(C[N+]2(CC(=O)C[C@@H](CCc3ccccc3)C(=O)N[C@@H](CC(C)C)C(=O)C[C@@H](Cc3ccccc3)C(=O)N[C@@H](CC(C)C)C(=O)[C@@]3(C)CO3)CCOCC2)cc(C=O)c1OC(=O)C(C)(C)C. The number of carbonyl (C=O) groups is 7. The van der Waals surface area contributed by atoms with Gasteiger partial charge in [-0.15, -0.1) is 0 Å². The van der Waals surface area contributed by atoms with Crippen molar-refractivity contribution in [2.45, 2.75) is 131 Å². The summed E-state index contributed by atoms with van der Waals surface area (Å²) in [6.45, 7) is 19.4. The number of ketones is 3. The Morgan fingerprint density at radius 3 is 1.91 bits per heavy atom. The van der Waals surface area contributed by atoms with Crippen LogP contribution in [0, 0.1) is 36.0 Å². The standard InChI is InChI=1S/C56H75N3O10/c1-37(2)26-47(49(62)32-44(29-41-18-14-11-15-19-41)53(65)58-48(27-38(3)4)51(63)56(9)36-68-56)57-52(64)43(21-20-40-16-12-10-13-17-40)31-46(61)34-59(22-24-67-25-23-59)33-42-28-39(5)50(45(30-42)35-60)69-54(66)55(6,7)8/h10-19,28,30,35,37-38,43-44,47-48H,20-27,29,31-34,36H2,1-9H3,(H-,57,58,64,65)/p+1/t43-,44-,47+,48+,56-/m1/s1. The first kappa shape index (κ1) is 54.6. The molecule has 2 fully saturated rings. The zero-order valence-corrected chi connectivity index (χ0v) is 42.4. The molecular weight excluding hydrogens is 875 g/mol. The highest BCUT2D eigenvalue weighted by Gasteiger charge is 2.50. The minimum absolute atomic E-state index is 0.00558. The molecule has 2 heterocycles. The molecule has 69 heavy (non-hydrogen) atoms. The summed E-state index contributed by atoms with van der Waals surface area (Å²) in [6, 6.07) is 21.1. The molecule has 0 spiro atoms. The predicted molar refractivity (Wildman–Crippen MR) is 264 cm³/mol. The van der Waals surface area contributed by atoms with Gasteiger partial charge in [0, 0.05) is 30.2 Å². The number of Topliss-reactive ketones (excluding diaryl/α,β-unsaturated/α-hetero) is 3. The Morgan fingerprint density at radius 1 is 0.783 bits per heavy atom. The Bertz CT molecular complexity index is 2260. The van der Waals surface area contributed by atoms with Crippen molar-refractivity contribution in [1.29, 1.82) is 0 Å². The van der Waals surface area contributed by atoms with Gasteiger partial charge < -0.3 is 29.3 Å². The van der Waals surface area contributed by atoms with Crippen molar-refractivity contribution < 1.29 is 52.3 Å². The lowest BCUT2D eigenvalue weighted by atomic mass is 9.87. The van der Waals surface area contributed by atoms with Crippen LogP contribution in [0.25, 0.3) is 0 Å². The lowest BCUT2D eigenvalue weighted by Gasteiger charge is -2.41. The van der Waals surface area contributed by atoms with E-state index in [1.54, 1.807) is 40.7 Å². The number of esters is 1.